The van der Waals surface area contributed by atoms with Crippen LogP contribution in [0.25, 0.3) is 0 Å². The second-order valence-corrected chi connectivity index (χ2v) is 4.57. The van der Waals surface area contributed by atoms with Crippen molar-refractivity contribution in [1.29, 1.82) is 0 Å². The number of halogens is 1. The van der Waals surface area contributed by atoms with E-state index in [-0.39, 0.29) is 6.03 Å². The Morgan fingerprint density at radius 2 is 2.18 bits per heavy atom. The predicted octanol–water partition coefficient (Wildman–Crippen LogP) is 1.20. The number of hydrogen-bond donors (Lipinski definition) is 2. The zero-order valence-corrected chi connectivity index (χ0v) is 11.6. The van der Waals surface area contributed by atoms with Crippen LogP contribution in [0.4, 0.5) is 4.79 Å². The van der Waals surface area contributed by atoms with Crippen molar-refractivity contribution in [3.05, 3.63) is 28.5 Å². The van der Waals surface area contributed by atoms with Gasteiger partial charge in [-0.2, -0.15) is 0 Å². The minimum Gasteiger partial charge on any atom is -0.337 e. The molecular formula is C11H17BrN4O. The SMILES string of the molecule is CN(C)C(=O)NCCNCc1cccc(Br)n1. The first-order valence-corrected chi connectivity index (χ1v) is 6.16. The molecule has 0 unspecified atom stereocenters. The Hall–Kier alpha value is -1.14. The van der Waals surface area contributed by atoms with Gasteiger partial charge in [-0.05, 0) is 28.1 Å². The highest BCUT2D eigenvalue weighted by Gasteiger charge is 2.00. The molecule has 1 aromatic rings. The molecule has 0 saturated heterocycles. The van der Waals surface area contributed by atoms with Crippen LogP contribution >= 0.6 is 15.9 Å². The minimum absolute atomic E-state index is 0.0765. The van der Waals surface area contributed by atoms with Gasteiger partial charge in [-0.15, -0.1) is 0 Å². The molecule has 5 nitrogen and oxygen atoms in total. The summed E-state index contributed by atoms with van der Waals surface area (Å²) in [7, 11) is 3.43. The molecular weight excluding hydrogens is 284 g/mol. The van der Waals surface area contributed by atoms with Crippen LogP contribution in [-0.2, 0) is 6.54 Å². The highest BCUT2D eigenvalue weighted by atomic mass is 79.9. The van der Waals surface area contributed by atoms with Crippen LogP contribution < -0.4 is 10.6 Å². The van der Waals surface area contributed by atoms with Gasteiger partial charge in [0.25, 0.3) is 0 Å². The summed E-state index contributed by atoms with van der Waals surface area (Å²) in [4.78, 5) is 17.0. The fraction of sp³-hybridized carbons (Fsp3) is 0.455. The lowest BCUT2D eigenvalue weighted by Crippen LogP contribution is -2.38. The van der Waals surface area contributed by atoms with E-state index >= 15 is 0 Å². The van der Waals surface area contributed by atoms with Gasteiger partial charge in [-0.3, -0.25) is 0 Å². The monoisotopic (exact) mass is 300 g/mol. The van der Waals surface area contributed by atoms with E-state index in [4.69, 9.17) is 0 Å². The fourth-order valence-corrected chi connectivity index (χ4v) is 1.56. The molecule has 94 valence electrons. The van der Waals surface area contributed by atoms with Crippen molar-refractivity contribution in [1.82, 2.24) is 20.5 Å². The summed E-state index contributed by atoms with van der Waals surface area (Å²) in [5.41, 5.74) is 0.971. The van der Waals surface area contributed by atoms with Gasteiger partial charge in [0.05, 0.1) is 5.69 Å². The Balaban J connectivity index is 2.14. The van der Waals surface area contributed by atoms with Crippen LogP contribution in [0.2, 0.25) is 0 Å². The summed E-state index contributed by atoms with van der Waals surface area (Å²) in [5, 5.41) is 5.98. The Morgan fingerprint density at radius 3 is 2.82 bits per heavy atom. The van der Waals surface area contributed by atoms with Gasteiger partial charge >= 0.3 is 6.03 Å². The standard InChI is InChI=1S/C11H17BrN4O/c1-16(2)11(17)14-7-6-13-8-9-4-3-5-10(12)15-9/h3-5,13H,6-8H2,1-2H3,(H,14,17). The first kappa shape index (κ1) is 13.9. The quantitative estimate of drug-likeness (QED) is 0.635. The van der Waals surface area contributed by atoms with Gasteiger partial charge in [0.15, 0.2) is 0 Å². The zero-order valence-electron chi connectivity index (χ0n) is 10.0. The van der Waals surface area contributed by atoms with Crippen molar-refractivity contribution in [3.63, 3.8) is 0 Å². The van der Waals surface area contributed by atoms with E-state index in [1.54, 1.807) is 14.1 Å². The molecule has 17 heavy (non-hydrogen) atoms. The van der Waals surface area contributed by atoms with Crippen LogP contribution in [0, 0.1) is 0 Å². The molecule has 2 N–H and O–H groups in total. The number of amides is 2. The van der Waals surface area contributed by atoms with Crippen LogP contribution in [-0.4, -0.2) is 43.1 Å². The second kappa shape index (κ2) is 7.24. The van der Waals surface area contributed by atoms with Gasteiger partial charge in [0.2, 0.25) is 0 Å². The minimum atomic E-state index is -0.0765. The molecule has 0 fully saturated rings. The molecule has 0 aliphatic rings. The van der Waals surface area contributed by atoms with E-state index in [0.29, 0.717) is 19.6 Å². The molecule has 0 bridgehead atoms. The number of rotatable bonds is 5. The van der Waals surface area contributed by atoms with E-state index in [1.165, 1.54) is 4.90 Å². The number of carbonyl (C=O) groups is 1. The summed E-state index contributed by atoms with van der Waals surface area (Å²) in [6, 6.07) is 5.71. The van der Waals surface area contributed by atoms with Crippen molar-refractivity contribution in [2.45, 2.75) is 6.54 Å². The van der Waals surface area contributed by atoms with Gasteiger partial charge in [-0.25, -0.2) is 9.78 Å². The molecule has 0 radical (unpaired) electrons. The van der Waals surface area contributed by atoms with Crippen molar-refractivity contribution in [2.75, 3.05) is 27.2 Å². The number of aromatic nitrogens is 1. The van der Waals surface area contributed by atoms with Gasteiger partial charge in [0, 0.05) is 33.7 Å². The molecule has 0 spiro atoms. The Morgan fingerprint density at radius 1 is 1.41 bits per heavy atom. The second-order valence-electron chi connectivity index (χ2n) is 3.75. The molecule has 1 aromatic heterocycles. The number of carbonyl (C=O) groups excluding carboxylic acids is 1. The Kier molecular flexibility index (Phi) is 5.93. The summed E-state index contributed by atoms with van der Waals surface area (Å²) in [6.07, 6.45) is 0. The molecule has 1 heterocycles. The third kappa shape index (κ3) is 5.65. The van der Waals surface area contributed by atoms with E-state index in [2.05, 4.69) is 31.5 Å². The zero-order chi connectivity index (χ0) is 12.7. The average molecular weight is 301 g/mol. The smallest absolute Gasteiger partial charge is 0.316 e. The number of hydrogen-bond acceptors (Lipinski definition) is 3. The molecule has 0 atom stereocenters. The fourth-order valence-electron chi connectivity index (χ4n) is 1.18. The van der Waals surface area contributed by atoms with Crippen LogP contribution in [0.3, 0.4) is 0 Å². The largest absolute Gasteiger partial charge is 0.337 e. The lowest BCUT2D eigenvalue weighted by Gasteiger charge is -2.12. The summed E-state index contributed by atoms with van der Waals surface area (Å²) in [6.45, 7) is 2.01. The molecule has 0 aliphatic carbocycles. The highest BCUT2D eigenvalue weighted by molar-refractivity contribution is 9.10. The molecule has 0 aliphatic heterocycles. The predicted molar refractivity (Wildman–Crippen MR) is 70.7 cm³/mol. The maximum absolute atomic E-state index is 11.2. The van der Waals surface area contributed by atoms with Gasteiger partial charge in [0.1, 0.15) is 4.60 Å². The molecule has 6 heteroatoms. The van der Waals surface area contributed by atoms with Crippen LogP contribution in [0.1, 0.15) is 5.69 Å². The Bertz CT molecular complexity index is 370. The van der Waals surface area contributed by atoms with Crippen LogP contribution in [0.5, 0.6) is 0 Å². The lowest BCUT2D eigenvalue weighted by molar-refractivity contribution is 0.217. The number of nitrogens with zero attached hydrogens (tertiary/aromatic N) is 2. The lowest BCUT2D eigenvalue weighted by atomic mass is 10.3. The maximum Gasteiger partial charge on any atom is 0.316 e. The number of urea groups is 1. The summed E-state index contributed by atoms with van der Waals surface area (Å²) in [5.74, 6) is 0. The first-order chi connectivity index (χ1) is 8.09. The summed E-state index contributed by atoms with van der Waals surface area (Å²) >= 11 is 3.32. The van der Waals surface area contributed by atoms with Crippen LogP contribution in [0.15, 0.2) is 22.8 Å². The maximum atomic E-state index is 11.2. The Labute approximate surface area is 110 Å². The van der Waals surface area contributed by atoms with E-state index in [9.17, 15) is 4.79 Å². The van der Waals surface area contributed by atoms with Gasteiger partial charge in [-0.1, -0.05) is 6.07 Å². The molecule has 1 rings (SSSR count). The first-order valence-electron chi connectivity index (χ1n) is 5.37. The van der Waals surface area contributed by atoms with E-state index in [0.717, 1.165) is 10.3 Å². The molecule has 0 saturated carbocycles. The van der Waals surface area contributed by atoms with Gasteiger partial charge < -0.3 is 15.5 Å². The molecule has 0 aromatic carbocycles. The normalized spacial score (nSPS) is 10.1. The van der Waals surface area contributed by atoms with E-state index < -0.39 is 0 Å². The topological polar surface area (TPSA) is 57.3 Å². The average Bonchev–Trinajstić information content (AvgIpc) is 2.28. The number of pyridine rings is 1. The third-order valence-corrected chi connectivity index (χ3v) is 2.50. The van der Waals surface area contributed by atoms with Crippen molar-refractivity contribution >= 4 is 22.0 Å². The highest BCUT2D eigenvalue weighted by Crippen LogP contribution is 2.05. The van der Waals surface area contributed by atoms with Crippen molar-refractivity contribution < 1.29 is 4.79 Å². The van der Waals surface area contributed by atoms with Crippen molar-refractivity contribution in [3.8, 4) is 0 Å². The van der Waals surface area contributed by atoms with E-state index in [1.807, 2.05) is 18.2 Å². The van der Waals surface area contributed by atoms with Crippen molar-refractivity contribution in [2.24, 2.45) is 0 Å². The third-order valence-electron chi connectivity index (χ3n) is 2.06. The number of nitrogens with one attached hydrogen (secondary N) is 2. The summed E-state index contributed by atoms with van der Waals surface area (Å²) < 4.78 is 0.831. The molecule has 2 amide bonds.